The summed E-state index contributed by atoms with van der Waals surface area (Å²) >= 11 is -0.405. The van der Waals surface area contributed by atoms with Crippen LogP contribution < -0.4 is 7.22 Å². The fourth-order valence-corrected chi connectivity index (χ4v) is 5.19. The molecule has 0 radical (unpaired) electrons. The van der Waals surface area contributed by atoms with E-state index in [1.807, 2.05) is 44.2 Å². The van der Waals surface area contributed by atoms with Crippen LogP contribution in [0, 0.1) is 0 Å². The molecule has 4 aromatic carbocycles. The molecule has 2 N–H and O–H groups in total. The standard InChI is InChI=1S/C15H16.C12H10O2Te.C2H6/c1-12(2)13-8-10-15(11-9-13)14-6-4-3-5-7-14;13-9-1-5-11(6-2-9)15-12-7-3-10(14)4-8-12;1-2/h3-12H,1-2H3;1-8,13-14H;1-2H3. The van der Waals surface area contributed by atoms with Gasteiger partial charge >= 0.3 is 98.4 Å². The molecule has 0 atom stereocenters. The van der Waals surface area contributed by atoms with Gasteiger partial charge in [0.05, 0.1) is 0 Å². The van der Waals surface area contributed by atoms with Gasteiger partial charge in [-0.2, -0.15) is 0 Å². The number of hydrogen-bond acceptors (Lipinski definition) is 2. The molecule has 32 heavy (non-hydrogen) atoms. The van der Waals surface area contributed by atoms with Gasteiger partial charge in [0, 0.05) is 0 Å². The van der Waals surface area contributed by atoms with Crippen molar-refractivity contribution < 1.29 is 10.2 Å². The van der Waals surface area contributed by atoms with Crippen molar-refractivity contribution in [3.05, 3.63) is 109 Å². The second kappa shape index (κ2) is 13.6. The zero-order valence-electron chi connectivity index (χ0n) is 19.2. The van der Waals surface area contributed by atoms with Gasteiger partial charge in [-0.1, -0.05) is 82.3 Å². The Labute approximate surface area is 202 Å². The first-order valence-corrected chi connectivity index (χ1v) is 13.3. The molecule has 4 rings (SSSR count). The van der Waals surface area contributed by atoms with Crippen LogP contribution in [0.3, 0.4) is 0 Å². The molecule has 2 nitrogen and oxygen atoms in total. The summed E-state index contributed by atoms with van der Waals surface area (Å²) < 4.78 is 2.53. The second-order valence-corrected chi connectivity index (χ2v) is 10.5. The van der Waals surface area contributed by atoms with Crippen molar-refractivity contribution in [2.24, 2.45) is 0 Å². The van der Waals surface area contributed by atoms with Crippen LogP contribution in [0.25, 0.3) is 11.1 Å². The first-order valence-electron chi connectivity index (χ1n) is 10.9. The van der Waals surface area contributed by atoms with Crippen LogP contribution in [-0.2, 0) is 0 Å². The molecular weight excluding hydrogens is 508 g/mol. The molecule has 0 spiro atoms. The average Bonchev–Trinajstić information content (AvgIpc) is 2.84. The fourth-order valence-electron chi connectivity index (χ4n) is 2.86. The fraction of sp³-hybridized carbons (Fsp3) is 0.172. The number of aromatic hydroxyl groups is 2. The van der Waals surface area contributed by atoms with Crippen LogP contribution in [0.2, 0.25) is 0 Å². The van der Waals surface area contributed by atoms with E-state index in [-0.39, 0.29) is 0 Å². The molecule has 0 bridgehead atoms. The Hall–Kier alpha value is -2.73. The van der Waals surface area contributed by atoms with E-state index >= 15 is 0 Å². The summed E-state index contributed by atoms with van der Waals surface area (Å²) in [5.74, 6) is 1.21. The summed E-state index contributed by atoms with van der Waals surface area (Å²) in [5.41, 5.74) is 3.97. The van der Waals surface area contributed by atoms with Gasteiger partial charge in [0.1, 0.15) is 0 Å². The summed E-state index contributed by atoms with van der Waals surface area (Å²) in [4.78, 5) is 0. The third kappa shape index (κ3) is 8.42. The van der Waals surface area contributed by atoms with E-state index < -0.39 is 20.9 Å². The molecule has 0 unspecified atom stereocenters. The molecule has 0 heterocycles. The number of phenolic OH excluding ortho intramolecular Hbond substituents is 2. The van der Waals surface area contributed by atoms with Crippen molar-refractivity contribution >= 4 is 28.1 Å². The summed E-state index contributed by atoms with van der Waals surface area (Å²) in [6.07, 6.45) is 0. The first kappa shape index (κ1) is 25.5. The SMILES string of the molecule is CC.CC(C)c1ccc(-c2ccccc2)cc1.Oc1ccc([Te]c2ccc(O)cc2)cc1. The predicted molar refractivity (Wildman–Crippen MR) is 139 cm³/mol. The van der Waals surface area contributed by atoms with Gasteiger partial charge in [-0.25, -0.2) is 0 Å². The Morgan fingerprint density at radius 3 is 1.34 bits per heavy atom. The number of rotatable bonds is 4. The zero-order valence-corrected chi connectivity index (χ0v) is 21.5. The van der Waals surface area contributed by atoms with Crippen molar-refractivity contribution in [2.75, 3.05) is 0 Å². The molecular formula is C29H32O2Te. The number of phenols is 2. The van der Waals surface area contributed by atoms with Crippen LogP contribution in [0.15, 0.2) is 103 Å². The Balaban J connectivity index is 0.000000211. The van der Waals surface area contributed by atoms with Crippen molar-refractivity contribution in [1.82, 2.24) is 0 Å². The van der Waals surface area contributed by atoms with Crippen molar-refractivity contribution in [3.63, 3.8) is 0 Å². The second-order valence-electron chi connectivity index (χ2n) is 7.23. The first-order chi connectivity index (χ1) is 15.5. The summed E-state index contributed by atoms with van der Waals surface area (Å²) in [6, 6.07) is 33.9. The van der Waals surface area contributed by atoms with Gasteiger partial charge < -0.3 is 0 Å². The van der Waals surface area contributed by atoms with E-state index in [2.05, 4.69) is 62.4 Å². The Bertz CT molecular complexity index is 980. The van der Waals surface area contributed by atoms with Crippen molar-refractivity contribution in [3.8, 4) is 22.6 Å². The molecule has 0 amide bonds. The third-order valence-electron chi connectivity index (χ3n) is 4.59. The summed E-state index contributed by atoms with van der Waals surface area (Å²) in [5, 5.41) is 18.3. The minimum atomic E-state index is -0.405. The Morgan fingerprint density at radius 2 is 0.938 bits per heavy atom. The Morgan fingerprint density at radius 1 is 0.531 bits per heavy atom. The van der Waals surface area contributed by atoms with Gasteiger partial charge in [0.25, 0.3) is 0 Å². The van der Waals surface area contributed by atoms with E-state index in [1.54, 1.807) is 24.3 Å². The van der Waals surface area contributed by atoms with Crippen molar-refractivity contribution in [1.29, 1.82) is 0 Å². The predicted octanol–water partition coefficient (Wildman–Crippen LogP) is 6.26. The molecule has 0 aliphatic carbocycles. The van der Waals surface area contributed by atoms with Gasteiger partial charge in [-0.3, -0.25) is 0 Å². The van der Waals surface area contributed by atoms with Crippen LogP contribution in [0.5, 0.6) is 11.5 Å². The average molecular weight is 540 g/mol. The molecule has 4 aromatic rings. The normalized spacial score (nSPS) is 9.91. The summed E-state index contributed by atoms with van der Waals surface area (Å²) in [7, 11) is 0. The quantitative estimate of drug-likeness (QED) is 0.301. The van der Waals surface area contributed by atoms with E-state index in [0.717, 1.165) is 0 Å². The molecule has 0 aromatic heterocycles. The monoisotopic (exact) mass is 542 g/mol. The van der Waals surface area contributed by atoms with Crippen LogP contribution in [-0.4, -0.2) is 31.1 Å². The zero-order chi connectivity index (χ0) is 23.3. The van der Waals surface area contributed by atoms with E-state index in [1.165, 1.54) is 23.9 Å². The van der Waals surface area contributed by atoms with E-state index in [0.29, 0.717) is 17.4 Å². The van der Waals surface area contributed by atoms with Crippen molar-refractivity contribution in [2.45, 2.75) is 33.6 Å². The molecule has 0 fully saturated rings. The molecule has 0 saturated carbocycles. The molecule has 0 aliphatic heterocycles. The van der Waals surface area contributed by atoms with Gasteiger partial charge in [-0.05, 0) is 22.6 Å². The number of benzene rings is 4. The maximum absolute atomic E-state index is 9.14. The maximum atomic E-state index is 9.14. The van der Waals surface area contributed by atoms with Crippen LogP contribution in [0.4, 0.5) is 0 Å². The minimum absolute atomic E-state index is 0.303. The number of hydrogen-bond donors (Lipinski definition) is 2. The molecule has 0 aliphatic rings. The third-order valence-corrected chi connectivity index (χ3v) is 7.49. The van der Waals surface area contributed by atoms with Gasteiger partial charge in [0.2, 0.25) is 0 Å². The van der Waals surface area contributed by atoms with Gasteiger partial charge in [0.15, 0.2) is 0 Å². The molecule has 3 heteroatoms. The molecule has 0 saturated heterocycles. The van der Waals surface area contributed by atoms with E-state index in [4.69, 9.17) is 10.2 Å². The van der Waals surface area contributed by atoms with E-state index in [9.17, 15) is 0 Å². The topological polar surface area (TPSA) is 40.5 Å². The van der Waals surface area contributed by atoms with Crippen LogP contribution in [0.1, 0.15) is 39.2 Å². The molecule has 166 valence electrons. The summed E-state index contributed by atoms with van der Waals surface area (Å²) in [6.45, 7) is 8.44. The van der Waals surface area contributed by atoms with Gasteiger partial charge in [-0.15, -0.1) is 0 Å². The van der Waals surface area contributed by atoms with Crippen LogP contribution >= 0.6 is 0 Å². The Kier molecular flexibility index (Phi) is 10.9.